The molecule has 0 saturated carbocycles. The van der Waals surface area contributed by atoms with Crippen LogP contribution in [0.4, 0.5) is 32.3 Å². The number of piperidine rings is 1. The fourth-order valence-corrected chi connectivity index (χ4v) is 5.34. The number of aromatic nitrogens is 2. The quantitative estimate of drug-likeness (QED) is 0.240. The number of alkyl halides is 6. The van der Waals surface area contributed by atoms with E-state index in [0.29, 0.717) is 30.2 Å². The predicted molar refractivity (Wildman–Crippen MR) is 142 cm³/mol. The van der Waals surface area contributed by atoms with Crippen LogP contribution in [0.2, 0.25) is 0 Å². The number of hydrogen-bond donors (Lipinski definition) is 1. The fraction of sp³-hybridized carbons (Fsp3) is 0.630. The molecular weight excluding hydrogens is 606 g/mol. The van der Waals surface area contributed by atoms with E-state index in [0.717, 1.165) is 12.1 Å². The van der Waals surface area contributed by atoms with Crippen LogP contribution in [0.1, 0.15) is 77.0 Å². The van der Waals surface area contributed by atoms with Crippen LogP contribution in [-0.4, -0.2) is 50.1 Å². The van der Waals surface area contributed by atoms with Gasteiger partial charge in [-0.25, -0.2) is 14.9 Å². The Hall–Kier alpha value is -1.96. The number of likely N-dealkylation sites (tertiary alicyclic amines) is 1. The van der Waals surface area contributed by atoms with E-state index in [-0.39, 0.29) is 42.2 Å². The first-order valence-corrected chi connectivity index (χ1v) is 13.9. The lowest BCUT2D eigenvalue weighted by atomic mass is 9.87. The van der Waals surface area contributed by atoms with Crippen molar-refractivity contribution in [2.24, 2.45) is 0 Å². The largest absolute Gasteiger partial charge is 0.416 e. The Balaban J connectivity index is 2.04. The summed E-state index contributed by atoms with van der Waals surface area (Å²) in [5.74, 6) is 0.184. The maximum absolute atomic E-state index is 13.6. The zero-order valence-electron chi connectivity index (χ0n) is 23.0. The average Bonchev–Trinajstić information content (AvgIpc) is 2.84. The molecule has 0 bridgehead atoms. The van der Waals surface area contributed by atoms with Crippen molar-refractivity contribution >= 4 is 21.9 Å². The number of aliphatic hydroxyl groups excluding tert-OH is 1. The van der Waals surface area contributed by atoms with Gasteiger partial charge in [0, 0.05) is 37.1 Å². The summed E-state index contributed by atoms with van der Waals surface area (Å²) in [4.78, 5) is 12.2. The smallest absolute Gasteiger partial charge is 0.356 e. The lowest BCUT2D eigenvalue weighted by molar-refractivity contribution is -0.265. The zero-order chi connectivity index (χ0) is 30.0. The number of halogens is 7. The Morgan fingerprint density at radius 2 is 1.43 bits per heavy atom. The van der Waals surface area contributed by atoms with Crippen LogP contribution >= 0.6 is 15.9 Å². The first-order chi connectivity index (χ1) is 18.4. The van der Waals surface area contributed by atoms with Gasteiger partial charge in [-0.1, -0.05) is 13.8 Å². The van der Waals surface area contributed by atoms with Crippen LogP contribution in [0.15, 0.2) is 35.1 Å². The molecule has 1 aliphatic rings. The molecule has 1 N–H and O–H groups in total. The second kappa shape index (κ2) is 12.5. The maximum atomic E-state index is 13.6. The van der Waals surface area contributed by atoms with Gasteiger partial charge in [0.15, 0.2) is 0 Å². The number of anilines is 1. The van der Waals surface area contributed by atoms with E-state index >= 15 is 0 Å². The molecule has 2 heterocycles. The monoisotopic (exact) mass is 640 g/mol. The number of nitrogens with zero attached hydrogens (tertiary/aromatic N) is 4. The minimum absolute atomic E-state index is 0.124. The number of ether oxygens (including phenoxy) is 1. The summed E-state index contributed by atoms with van der Waals surface area (Å²) in [6.45, 7) is 9.15. The Labute approximate surface area is 238 Å². The molecule has 13 heteroatoms. The highest BCUT2D eigenvalue weighted by Crippen LogP contribution is 2.38. The topological polar surface area (TPSA) is 61.7 Å². The van der Waals surface area contributed by atoms with Crippen LogP contribution in [0.5, 0.6) is 0 Å². The van der Waals surface area contributed by atoms with Gasteiger partial charge < -0.3 is 14.7 Å². The highest BCUT2D eigenvalue weighted by molar-refractivity contribution is 9.10. The van der Waals surface area contributed by atoms with Gasteiger partial charge >= 0.3 is 12.4 Å². The van der Waals surface area contributed by atoms with Gasteiger partial charge in [0.2, 0.25) is 12.4 Å². The Kier molecular flexibility index (Phi) is 10.2. The molecule has 2 aromatic rings. The van der Waals surface area contributed by atoms with Crippen LogP contribution in [0.25, 0.3) is 0 Å². The van der Waals surface area contributed by atoms with Crippen molar-refractivity contribution in [1.29, 1.82) is 0 Å². The minimum Gasteiger partial charge on any atom is -0.356 e. The molecule has 40 heavy (non-hydrogen) atoms. The number of aliphatic hydroxyl groups is 1. The third kappa shape index (κ3) is 8.29. The van der Waals surface area contributed by atoms with Crippen molar-refractivity contribution in [3.63, 3.8) is 0 Å². The molecular formula is C27H35BrF6N4O2. The van der Waals surface area contributed by atoms with Crippen molar-refractivity contribution in [2.75, 3.05) is 4.90 Å². The van der Waals surface area contributed by atoms with Crippen molar-refractivity contribution in [3.05, 3.63) is 51.8 Å². The molecule has 3 unspecified atom stereocenters. The van der Waals surface area contributed by atoms with Crippen molar-refractivity contribution in [3.8, 4) is 0 Å². The van der Waals surface area contributed by atoms with E-state index in [1.54, 1.807) is 4.90 Å². The van der Waals surface area contributed by atoms with E-state index < -0.39 is 35.5 Å². The highest BCUT2D eigenvalue weighted by Gasteiger charge is 2.42. The third-order valence-corrected chi connectivity index (χ3v) is 7.30. The first-order valence-electron chi connectivity index (χ1n) is 13.1. The fourth-order valence-electron chi connectivity index (χ4n) is 5.14. The molecule has 0 amide bonds. The number of hydrogen-bond acceptors (Lipinski definition) is 6. The summed E-state index contributed by atoms with van der Waals surface area (Å²) in [5, 5.41) is 11.0. The molecule has 0 radical (unpaired) electrons. The lowest BCUT2D eigenvalue weighted by Gasteiger charge is -2.50. The van der Waals surface area contributed by atoms with Crippen molar-refractivity contribution in [1.82, 2.24) is 14.9 Å². The van der Waals surface area contributed by atoms with E-state index in [1.807, 2.05) is 39.5 Å². The second-order valence-corrected chi connectivity index (χ2v) is 11.9. The van der Waals surface area contributed by atoms with Gasteiger partial charge in [0.1, 0.15) is 0 Å². The summed E-state index contributed by atoms with van der Waals surface area (Å²) in [5.41, 5.74) is -3.51. The molecule has 0 spiro atoms. The summed E-state index contributed by atoms with van der Waals surface area (Å²) in [6, 6.07) is 0.923. The lowest BCUT2D eigenvalue weighted by Crippen LogP contribution is -2.59. The van der Waals surface area contributed by atoms with E-state index in [1.165, 1.54) is 12.4 Å². The summed E-state index contributed by atoms with van der Waals surface area (Å²) >= 11 is 3.27. The molecule has 1 aromatic heterocycles. The van der Waals surface area contributed by atoms with Crippen LogP contribution in [0.3, 0.4) is 0 Å². The van der Waals surface area contributed by atoms with Gasteiger partial charge in [-0.2, -0.15) is 26.3 Å². The molecule has 1 aromatic carbocycles. The molecule has 3 rings (SSSR count). The van der Waals surface area contributed by atoms with Crippen molar-refractivity contribution < 1.29 is 36.2 Å². The molecule has 4 atom stereocenters. The summed E-state index contributed by atoms with van der Waals surface area (Å²) in [7, 11) is 0. The molecule has 224 valence electrons. The molecule has 0 aliphatic carbocycles. The van der Waals surface area contributed by atoms with Gasteiger partial charge in [-0.3, -0.25) is 0 Å². The van der Waals surface area contributed by atoms with E-state index in [2.05, 4.69) is 25.9 Å². The third-order valence-electron chi connectivity index (χ3n) is 6.89. The molecule has 6 nitrogen and oxygen atoms in total. The number of benzene rings is 1. The Morgan fingerprint density at radius 3 is 1.82 bits per heavy atom. The Morgan fingerprint density at radius 1 is 0.950 bits per heavy atom. The number of rotatable bonds is 8. The van der Waals surface area contributed by atoms with Gasteiger partial charge in [0.25, 0.3) is 0 Å². The molecule has 1 aliphatic heterocycles. The van der Waals surface area contributed by atoms with Crippen LogP contribution in [-0.2, 0) is 23.6 Å². The normalized spacial score (nSPS) is 21.9. The Bertz CT molecular complexity index is 1080. The highest BCUT2D eigenvalue weighted by atomic mass is 79.9. The second-order valence-electron chi connectivity index (χ2n) is 11.0. The minimum atomic E-state index is -4.95. The SMILES string of the molecule is CCC1CC(N(Cc2cc(C(F)(F)F)cc(C(F)(F)F)c2)c2ncc(Br)cn2)C[C@H](CC)N1C(O)OC(C)(C)C. The predicted octanol–water partition coefficient (Wildman–Crippen LogP) is 7.40. The zero-order valence-corrected chi connectivity index (χ0v) is 24.6. The van der Waals surface area contributed by atoms with Gasteiger partial charge in [-0.05, 0) is 86.1 Å². The van der Waals surface area contributed by atoms with Crippen LogP contribution in [0, 0.1) is 0 Å². The van der Waals surface area contributed by atoms with Crippen LogP contribution < -0.4 is 4.90 Å². The molecule has 1 fully saturated rings. The van der Waals surface area contributed by atoms with Gasteiger partial charge in [-0.15, -0.1) is 0 Å². The van der Waals surface area contributed by atoms with Gasteiger partial charge in [0.05, 0.1) is 21.2 Å². The summed E-state index contributed by atoms with van der Waals surface area (Å²) < 4.78 is 87.9. The summed E-state index contributed by atoms with van der Waals surface area (Å²) in [6.07, 6.45) is -5.94. The van der Waals surface area contributed by atoms with E-state index in [9.17, 15) is 31.4 Å². The first kappa shape index (κ1) is 32.6. The standard InChI is InChI=1S/C27H35BrF6N4O2/c1-6-20-11-22(12-21(7-2)38(20)24(39)40-25(3,4)5)37(23-35-13-19(28)14-36-23)15-16-8-17(26(29,30)31)10-18(9-16)27(32,33)34/h8-10,13-14,20-22,24,39H,6-7,11-12,15H2,1-5H3/t20-,21?,22?,24?/m0/s1. The average molecular weight is 641 g/mol. The molecule has 1 saturated heterocycles. The maximum Gasteiger partial charge on any atom is 0.416 e. The van der Waals surface area contributed by atoms with E-state index in [4.69, 9.17) is 4.74 Å². The van der Waals surface area contributed by atoms with Crippen molar-refractivity contribution in [2.45, 2.75) is 109 Å².